The highest BCUT2D eigenvalue weighted by Gasteiger charge is 2.36. The van der Waals surface area contributed by atoms with Gasteiger partial charge in [-0.05, 0) is 41.1 Å². The molecule has 0 N–H and O–H groups in total. The van der Waals surface area contributed by atoms with E-state index in [4.69, 9.17) is 0 Å². The number of amides is 2. The molecule has 1 aliphatic heterocycles. The maximum atomic E-state index is 12.2. The Morgan fingerprint density at radius 2 is 1.79 bits per heavy atom. The number of carbonyl (C=O) groups excluding carboxylic acids is 2. The molecule has 2 rings (SSSR count). The smallest absolute Gasteiger partial charge is 0.262 e. The van der Waals surface area contributed by atoms with E-state index in [1.54, 1.807) is 6.07 Å². The molecule has 1 aromatic rings. The van der Waals surface area contributed by atoms with Crippen molar-refractivity contribution in [3.8, 4) is 0 Å². The Morgan fingerprint density at radius 1 is 1.05 bits per heavy atom. The fraction of sp³-hybridized carbons (Fsp3) is 0.467. The van der Waals surface area contributed by atoms with E-state index in [0.717, 1.165) is 16.4 Å². The summed E-state index contributed by atoms with van der Waals surface area (Å²) < 4.78 is 0.863. The van der Waals surface area contributed by atoms with E-state index in [1.165, 1.54) is 24.2 Å². The Hall–Kier alpha value is -0.910. The minimum atomic E-state index is -0.131. The summed E-state index contributed by atoms with van der Waals surface area (Å²) in [5.41, 5.74) is 1.15. The van der Waals surface area contributed by atoms with Crippen LogP contribution in [0.5, 0.6) is 0 Å². The summed E-state index contributed by atoms with van der Waals surface area (Å²) in [4.78, 5) is 25.8. The molecule has 1 aliphatic rings. The molecule has 0 atom stereocenters. The third-order valence-corrected chi connectivity index (χ3v) is 4.33. The largest absolute Gasteiger partial charge is 0.274 e. The second kappa shape index (κ2) is 6.50. The van der Waals surface area contributed by atoms with Crippen molar-refractivity contribution in [3.05, 3.63) is 32.9 Å². The van der Waals surface area contributed by atoms with E-state index in [-0.39, 0.29) is 11.8 Å². The molecule has 0 saturated heterocycles. The number of rotatable bonds is 6. The van der Waals surface area contributed by atoms with Crippen LogP contribution < -0.4 is 0 Å². The maximum absolute atomic E-state index is 12.2. The lowest BCUT2D eigenvalue weighted by Crippen LogP contribution is -2.30. The number of nitrogens with zero attached hydrogens (tertiary/aromatic N) is 1. The second-order valence-corrected chi connectivity index (χ2v) is 6.00. The van der Waals surface area contributed by atoms with Crippen molar-refractivity contribution >= 4 is 34.4 Å². The number of benzene rings is 1. The lowest BCUT2D eigenvalue weighted by molar-refractivity contribution is 0.0651. The van der Waals surface area contributed by atoms with Gasteiger partial charge in [-0.3, -0.25) is 14.5 Å². The normalized spacial score (nSPS) is 14.1. The highest BCUT2D eigenvalue weighted by atomic mass is 127. The molecule has 0 aliphatic carbocycles. The first-order chi connectivity index (χ1) is 9.16. The average molecular weight is 371 g/mol. The summed E-state index contributed by atoms with van der Waals surface area (Å²) >= 11 is 2.12. The van der Waals surface area contributed by atoms with Crippen LogP contribution in [0.4, 0.5) is 0 Å². The molecule has 19 heavy (non-hydrogen) atoms. The van der Waals surface area contributed by atoms with Crippen LogP contribution >= 0.6 is 22.6 Å². The molecule has 4 heteroatoms. The maximum Gasteiger partial charge on any atom is 0.262 e. The first kappa shape index (κ1) is 14.5. The quantitative estimate of drug-likeness (QED) is 0.433. The molecule has 1 heterocycles. The van der Waals surface area contributed by atoms with Gasteiger partial charge in [0.25, 0.3) is 11.8 Å². The Balaban J connectivity index is 2.00. The van der Waals surface area contributed by atoms with Crippen molar-refractivity contribution in [2.45, 2.75) is 39.0 Å². The highest BCUT2D eigenvalue weighted by Crippen LogP contribution is 2.27. The van der Waals surface area contributed by atoms with Crippen LogP contribution in [0, 0.1) is 3.57 Å². The standard InChI is InChI=1S/C15H18INO2/c1-2-3-4-5-6-10-17-14(18)11-8-7-9-12(16)13(11)15(17)19/h7-9H,2-6,10H2,1H3. The van der Waals surface area contributed by atoms with Gasteiger partial charge in [-0.25, -0.2) is 0 Å². The predicted molar refractivity (Wildman–Crippen MR) is 83.3 cm³/mol. The van der Waals surface area contributed by atoms with Crippen molar-refractivity contribution in [1.29, 1.82) is 0 Å². The van der Waals surface area contributed by atoms with Gasteiger partial charge in [0, 0.05) is 10.1 Å². The van der Waals surface area contributed by atoms with Crippen molar-refractivity contribution in [3.63, 3.8) is 0 Å². The third kappa shape index (κ3) is 2.99. The number of halogens is 1. The van der Waals surface area contributed by atoms with Crippen LogP contribution in [0.2, 0.25) is 0 Å². The predicted octanol–water partition coefficient (Wildman–Crippen LogP) is 3.86. The van der Waals surface area contributed by atoms with Crippen molar-refractivity contribution in [1.82, 2.24) is 4.90 Å². The molecule has 0 bridgehead atoms. The fourth-order valence-corrected chi connectivity index (χ4v) is 3.10. The van der Waals surface area contributed by atoms with E-state index in [9.17, 15) is 9.59 Å². The molecular formula is C15H18INO2. The number of fused-ring (bicyclic) bond motifs is 1. The SMILES string of the molecule is CCCCCCCN1C(=O)c2cccc(I)c2C1=O. The lowest BCUT2D eigenvalue weighted by Gasteiger charge is -2.13. The summed E-state index contributed by atoms with van der Waals surface area (Å²) in [5.74, 6) is -0.255. The summed E-state index contributed by atoms with van der Waals surface area (Å²) in [7, 11) is 0. The van der Waals surface area contributed by atoms with Crippen molar-refractivity contribution in [2.75, 3.05) is 6.54 Å². The molecule has 0 fully saturated rings. The summed E-state index contributed by atoms with van der Waals surface area (Å²) in [5, 5.41) is 0. The van der Waals surface area contributed by atoms with Crippen LogP contribution in [0.25, 0.3) is 0 Å². The van der Waals surface area contributed by atoms with E-state index in [1.807, 2.05) is 12.1 Å². The molecule has 3 nitrogen and oxygen atoms in total. The minimum Gasteiger partial charge on any atom is -0.274 e. The summed E-state index contributed by atoms with van der Waals surface area (Å²) in [6.45, 7) is 2.72. The van der Waals surface area contributed by atoms with Gasteiger partial charge in [-0.2, -0.15) is 0 Å². The van der Waals surface area contributed by atoms with E-state index >= 15 is 0 Å². The zero-order valence-corrected chi connectivity index (χ0v) is 13.3. The van der Waals surface area contributed by atoms with Crippen LogP contribution in [-0.2, 0) is 0 Å². The van der Waals surface area contributed by atoms with Gasteiger partial charge in [0.2, 0.25) is 0 Å². The number of carbonyl (C=O) groups is 2. The molecule has 0 saturated carbocycles. The molecule has 0 spiro atoms. The van der Waals surface area contributed by atoms with E-state index < -0.39 is 0 Å². The molecule has 2 amide bonds. The molecule has 102 valence electrons. The van der Waals surface area contributed by atoms with Crippen LogP contribution in [0.1, 0.15) is 59.7 Å². The zero-order valence-electron chi connectivity index (χ0n) is 11.1. The third-order valence-electron chi connectivity index (χ3n) is 3.43. The Labute approximate surface area is 127 Å². The topological polar surface area (TPSA) is 37.4 Å². The first-order valence-electron chi connectivity index (χ1n) is 6.81. The van der Waals surface area contributed by atoms with E-state index in [0.29, 0.717) is 17.7 Å². The monoisotopic (exact) mass is 371 g/mol. The number of hydrogen-bond acceptors (Lipinski definition) is 2. The van der Waals surface area contributed by atoms with E-state index in [2.05, 4.69) is 29.5 Å². The Morgan fingerprint density at radius 3 is 2.47 bits per heavy atom. The van der Waals surface area contributed by atoms with Crippen molar-refractivity contribution < 1.29 is 9.59 Å². The molecule has 1 aromatic carbocycles. The summed E-state index contributed by atoms with van der Waals surface area (Å²) in [6.07, 6.45) is 5.59. The van der Waals surface area contributed by atoms with Crippen LogP contribution in [-0.4, -0.2) is 23.3 Å². The fourth-order valence-electron chi connectivity index (χ4n) is 2.37. The van der Waals surface area contributed by atoms with Gasteiger partial charge in [0.15, 0.2) is 0 Å². The van der Waals surface area contributed by atoms with Gasteiger partial charge in [0.1, 0.15) is 0 Å². The minimum absolute atomic E-state index is 0.125. The number of imide groups is 1. The average Bonchev–Trinajstić information content (AvgIpc) is 2.64. The zero-order chi connectivity index (χ0) is 13.8. The van der Waals surface area contributed by atoms with Gasteiger partial charge in [-0.15, -0.1) is 0 Å². The molecular weight excluding hydrogens is 353 g/mol. The molecule has 0 radical (unpaired) electrons. The highest BCUT2D eigenvalue weighted by molar-refractivity contribution is 14.1. The second-order valence-electron chi connectivity index (χ2n) is 4.84. The first-order valence-corrected chi connectivity index (χ1v) is 7.89. The van der Waals surface area contributed by atoms with Gasteiger partial charge < -0.3 is 0 Å². The molecule has 0 unspecified atom stereocenters. The van der Waals surface area contributed by atoms with Gasteiger partial charge in [0.05, 0.1) is 11.1 Å². The Kier molecular flexibility index (Phi) is 4.96. The molecule has 0 aromatic heterocycles. The van der Waals surface area contributed by atoms with Crippen LogP contribution in [0.3, 0.4) is 0 Å². The van der Waals surface area contributed by atoms with Gasteiger partial charge in [-0.1, -0.05) is 38.7 Å². The summed E-state index contributed by atoms with van der Waals surface area (Å²) in [6, 6.07) is 5.45. The number of hydrogen-bond donors (Lipinski definition) is 0. The van der Waals surface area contributed by atoms with Crippen LogP contribution in [0.15, 0.2) is 18.2 Å². The van der Waals surface area contributed by atoms with Gasteiger partial charge >= 0.3 is 0 Å². The Bertz CT molecular complexity index is 499. The van der Waals surface area contributed by atoms with Crippen molar-refractivity contribution in [2.24, 2.45) is 0 Å². The number of unbranched alkanes of at least 4 members (excludes halogenated alkanes) is 4. The lowest BCUT2D eigenvalue weighted by atomic mass is 10.1.